The molecule has 1 heterocycles. The maximum Gasteiger partial charge on any atom is 0.263 e. The van der Waals surface area contributed by atoms with Crippen molar-refractivity contribution in [3.63, 3.8) is 0 Å². The summed E-state index contributed by atoms with van der Waals surface area (Å²) in [5.74, 6) is -0.196. The molecule has 2 N–H and O–H groups in total. The number of amides is 1. The van der Waals surface area contributed by atoms with Gasteiger partial charge in [-0.2, -0.15) is 0 Å². The first-order valence-corrected chi connectivity index (χ1v) is 6.47. The summed E-state index contributed by atoms with van der Waals surface area (Å²) in [6.07, 6.45) is 0. The highest BCUT2D eigenvalue weighted by atomic mass is 32.1. The highest BCUT2D eigenvalue weighted by molar-refractivity contribution is 7.11. The van der Waals surface area contributed by atoms with E-state index in [4.69, 9.17) is 0 Å². The van der Waals surface area contributed by atoms with Crippen LogP contribution >= 0.6 is 11.3 Å². The highest BCUT2D eigenvalue weighted by Gasteiger charge is 2.17. The third-order valence-electron chi connectivity index (χ3n) is 2.64. The Morgan fingerprint density at radius 2 is 2.17 bits per heavy atom. The Labute approximate surface area is 109 Å². The number of thiazole rings is 1. The van der Waals surface area contributed by atoms with E-state index in [0.29, 0.717) is 10.6 Å². The predicted molar refractivity (Wildman–Crippen MR) is 70.6 cm³/mol. The molecule has 1 amide bonds. The van der Waals surface area contributed by atoms with E-state index in [0.717, 1.165) is 5.56 Å². The van der Waals surface area contributed by atoms with Gasteiger partial charge in [0.2, 0.25) is 0 Å². The molecule has 18 heavy (non-hydrogen) atoms. The maximum absolute atomic E-state index is 12.0. The van der Waals surface area contributed by atoms with E-state index in [1.807, 2.05) is 30.3 Å². The van der Waals surface area contributed by atoms with Crippen LogP contribution < -0.4 is 5.32 Å². The topological polar surface area (TPSA) is 62.2 Å². The van der Waals surface area contributed by atoms with E-state index < -0.39 is 0 Å². The van der Waals surface area contributed by atoms with Crippen LogP contribution in [0.15, 0.2) is 35.8 Å². The predicted octanol–water partition coefficient (Wildman–Crippen LogP) is 1.91. The lowest BCUT2D eigenvalue weighted by Gasteiger charge is -2.16. The molecule has 2 rings (SSSR count). The Kier molecular flexibility index (Phi) is 4.07. The summed E-state index contributed by atoms with van der Waals surface area (Å²) in [7, 11) is 0. The van der Waals surface area contributed by atoms with Crippen LogP contribution in [0.5, 0.6) is 0 Å². The van der Waals surface area contributed by atoms with Gasteiger partial charge in [0, 0.05) is 0 Å². The van der Waals surface area contributed by atoms with Crippen molar-refractivity contribution in [1.82, 2.24) is 10.3 Å². The zero-order chi connectivity index (χ0) is 13.0. The lowest BCUT2D eigenvalue weighted by molar-refractivity contribution is 0.0919. The van der Waals surface area contributed by atoms with E-state index in [-0.39, 0.29) is 18.6 Å². The van der Waals surface area contributed by atoms with E-state index in [1.54, 1.807) is 12.4 Å². The highest BCUT2D eigenvalue weighted by Crippen LogP contribution is 2.16. The van der Waals surface area contributed by atoms with Crippen LogP contribution in [0.25, 0.3) is 0 Å². The van der Waals surface area contributed by atoms with Gasteiger partial charge in [-0.05, 0) is 12.5 Å². The number of aliphatic hydroxyl groups is 1. The SMILES string of the molecule is Cc1ncsc1C(=O)NC(CO)c1ccccc1. The number of nitrogens with zero attached hydrogens (tertiary/aromatic N) is 1. The van der Waals surface area contributed by atoms with Gasteiger partial charge in [0.25, 0.3) is 5.91 Å². The molecule has 1 atom stereocenters. The third-order valence-corrected chi connectivity index (χ3v) is 3.57. The number of aliphatic hydroxyl groups excluding tert-OH is 1. The third kappa shape index (κ3) is 2.75. The average Bonchev–Trinajstić information content (AvgIpc) is 2.83. The lowest BCUT2D eigenvalue weighted by Crippen LogP contribution is -2.30. The monoisotopic (exact) mass is 262 g/mol. The Morgan fingerprint density at radius 1 is 1.44 bits per heavy atom. The van der Waals surface area contributed by atoms with Gasteiger partial charge in [-0.1, -0.05) is 30.3 Å². The van der Waals surface area contributed by atoms with Crippen molar-refractivity contribution in [2.75, 3.05) is 6.61 Å². The minimum atomic E-state index is -0.389. The first kappa shape index (κ1) is 12.7. The zero-order valence-corrected chi connectivity index (χ0v) is 10.8. The summed E-state index contributed by atoms with van der Waals surface area (Å²) in [5, 5.41) is 12.2. The second-order valence-electron chi connectivity index (χ2n) is 3.89. The Morgan fingerprint density at radius 3 is 2.72 bits per heavy atom. The Bertz CT molecular complexity index is 525. The van der Waals surface area contributed by atoms with Crippen molar-refractivity contribution >= 4 is 17.2 Å². The number of aromatic nitrogens is 1. The minimum absolute atomic E-state index is 0.131. The van der Waals surface area contributed by atoms with Crippen molar-refractivity contribution in [3.05, 3.63) is 52.0 Å². The Hall–Kier alpha value is -1.72. The van der Waals surface area contributed by atoms with Gasteiger partial charge in [0.1, 0.15) is 4.88 Å². The van der Waals surface area contributed by atoms with Crippen LogP contribution in [-0.2, 0) is 0 Å². The zero-order valence-electron chi connectivity index (χ0n) is 9.96. The molecule has 0 bridgehead atoms. The number of carbonyl (C=O) groups excluding carboxylic acids is 1. The second-order valence-corrected chi connectivity index (χ2v) is 4.74. The normalized spacial score (nSPS) is 12.1. The molecule has 0 fully saturated rings. The number of carbonyl (C=O) groups is 1. The van der Waals surface area contributed by atoms with Crippen LogP contribution in [-0.4, -0.2) is 22.6 Å². The van der Waals surface area contributed by atoms with Crippen LogP contribution in [0.4, 0.5) is 0 Å². The maximum atomic E-state index is 12.0. The fraction of sp³-hybridized carbons (Fsp3) is 0.231. The molecule has 5 heteroatoms. The molecule has 0 spiro atoms. The largest absolute Gasteiger partial charge is 0.394 e. The molecule has 1 unspecified atom stereocenters. The molecule has 0 saturated carbocycles. The van der Waals surface area contributed by atoms with E-state index in [1.165, 1.54) is 11.3 Å². The number of nitrogens with one attached hydrogen (secondary N) is 1. The quantitative estimate of drug-likeness (QED) is 0.884. The summed E-state index contributed by atoms with van der Waals surface area (Å²) in [6.45, 7) is 1.66. The molecule has 0 aliphatic carbocycles. The molecule has 0 aliphatic heterocycles. The Balaban J connectivity index is 2.13. The van der Waals surface area contributed by atoms with Crippen molar-refractivity contribution < 1.29 is 9.90 Å². The van der Waals surface area contributed by atoms with Crippen molar-refractivity contribution in [1.29, 1.82) is 0 Å². The summed E-state index contributed by atoms with van der Waals surface area (Å²) in [5.41, 5.74) is 3.23. The summed E-state index contributed by atoms with van der Waals surface area (Å²) >= 11 is 1.30. The van der Waals surface area contributed by atoms with Crippen molar-refractivity contribution in [2.45, 2.75) is 13.0 Å². The summed E-state index contributed by atoms with van der Waals surface area (Å²) < 4.78 is 0. The molecular formula is C13H14N2O2S. The number of benzene rings is 1. The first-order valence-electron chi connectivity index (χ1n) is 5.59. The van der Waals surface area contributed by atoms with Crippen LogP contribution in [0, 0.1) is 6.92 Å². The van der Waals surface area contributed by atoms with E-state index >= 15 is 0 Å². The fourth-order valence-corrected chi connectivity index (χ4v) is 2.37. The molecule has 1 aromatic carbocycles. The van der Waals surface area contributed by atoms with Gasteiger partial charge in [-0.25, -0.2) is 4.98 Å². The minimum Gasteiger partial charge on any atom is -0.394 e. The number of hydrogen-bond donors (Lipinski definition) is 2. The van der Waals surface area contributed by atoms with E-state index in [2.05, 4.69) is 10.3 Å². The van der Waals surface area contributed by atoms with Gasteiger partial charge < -0.3 is 10.4 Å². The average molecular weight is 262 g/mol. The number of rotatable bonds is 4. The fourth-order valence-electron chi connectivity index (χ4n) is 1.66. The molecule has 2 aromatic rings. The molecule has 0 radical (unpaired) electrons. The van der Waals surface area contributed by atoms with Crippen LogP contribution in [0.3, 0.4) is 0 Å². The second kappa shape index (κ2) is 5.75. The van der Waals surface area contributed by atoms with E-state index in [9.17, 15) is 9.90 Å². The van der Waals surface area contributed by atoms with Crippen LogP contribution in [0.2, 0.25) is 0 Å². The standard InChI is InChI=1S/C13H14N2O2S/c1-9-12(18-8-14-9)13(17)15-11(7-16)10-5-3-2-4-6-10/h2-6,8,11,16H,7H2,1H3,(H,15,17). The summed E-state index contributed by atoms with van der Waals surface area (Å²) in [4.78, 5) is 16.6. The molecule has 0 saturated heterocycles. The molecule has 1 aromatic heterocycles. The molecule has 94 valence electrons. The lowest BCUT2D eigenvalue weighted by atomic mass is 10.1. The van der Waals surface area contributed by atoms with Gasteiger partial charge in [-0.3, -0.25) is 4.79 Å². The number of hydrogen-bond acceptors (Lipinski definition) is 4. The van der Waals surface area contributed by atoms with Gasteiger partial charge in [0.05, 0.1) is 23.9 Å². The van der Waals surface area contributed by atoms with Crippen molar-refractivity contribution in [3.8, 4) is 0 Å². The van der Waals surface area contributed by atoms with Crippen LogP contribution in [0.1, 0.15) is 27.0 Å². The van der Waals surface area contributed by atoms with Gasteiger partial charge >= 0.3 is 0 Å². The molecular weight excluding hydrogens is 248 g/mol. The number of aryl methyl sites for hydroxylation is 1. The van der Waals surface area contributed by atoms with Gasteiger partial charge in [0.15, 0.2) is 0 Å². The van der Waals surface area contributed by atoms with Gasteiger partial charge in [-0.15, -0.1) is 11.3 Å². The van der Waals surface area contributed by atoms with Crippen molar-refractivity contribution in [2.24, 2.45) is 0 Å². The summed E-state index contributed by atoms with van der Waals surface area (Å²) in [6, 6.07) is 9.01. The smallest absolute Gasteiger partial charge is 0.263 e. The molecule has 0 aliphatic rings. The first-order chi connectivity index (χ1) is 8.72. The molecule has 4 nitrogen and oxygen atoms in total.